The monoisotopic (exact) mass is 559 g/mol. The first-order chi connectivity index (χ1) is 19.5. The van der Waals surface area contributed by atoms with Crippen molar-refractivity contribution in [1.29, 1.82) is 0 Å². The van der Waals surface area contributed by atoms with E-state index in [-0.39, 0.29) is 18.2 Å². The van der Waals surface area contributed by atoms with Gasteiger partial charge in [0.15, 0.2) is 5.75 Å². The Bertz CT molecular complexity index is 1580. The first-order valence-electron chi connectivity index (χ1n) is 12.6. The highest BCUT2D eigenvalue weighted by Gasteiger charge is 2.17. The SMILES string of the molecule is O=C(O)COCCCCOc1ccc(-c2ccc(Oc3c(-c4ccc(F)cc4)sc4cc(O)ccc34)cc2)nc1. The molecule has 0 fully saturated rings. The quantitative estimate of drug-likeness (QED) is 0.153. The van der Waals surface area contributed by atoms with Crippen molar-refractivity contribution in [1.82, 2.24) is 4.98 Å². The number of hydrogen-bond acceptors (Lipinski definition) is 7. The molecule has 0 atom stereocenters. The molecule has 2 heterocycles. The van der Waals surface area contributed by atoms with Crippen molar-refractivity contribution in [2.24, 2.45) is 0 Å². The van der Waals surface area contributed by atoms with Gasteiger partial charge in [0.25, 0.3) is 0 Å². The molecule has 7 nitrogen and oxygen atoms in total. The van der Waals surface area contributed by atoms with Crippen molar-refractivity contribution < 1.29 is 33.6 Å². The summed E-state index contributed by atoms with van der Waals surface area (Å²) >= 11 is 1.47. The van der Waals surface area contributed by atoms with E-state index in [9.17, 15) is 14.3 Å². The number of carboxylic acid groups (broad SMARTS) is 1. The number of nitrogens with zero attached hydrogens (tertiary/aromatic N) is 1. The van der Waals surface area contributed by atoms with Crippen molar-refractivity contribution in [3.05, 3.63) is 90.9 Å². The molecule has 0 amide bonds. The molecule has 3 aromatic carbocycles. The van der Waals surface area contributed by atoms with Crippen LogP contribution >= 0.6 is 11.3 Å². The van der Waals surface area contributed by atoms with Gasteiger partial charge in [-0.25, -0.2) is 9.18 Å². The fourth-order valence-electron chi connectivity index (χ4n) is 4.06. The molecule has 0 aliphatic rings. The fraction of sp³-hybridized carbons (Fsp3) is 0.161. The predicted molar refractivity (Wildman–Crippen MR) is 152 cm³/mol. The molecule has 40 heavy (non-hydrogen) atoms. The molecule has 5 rings (SSSR count). The minimum atomic E-state index is -0.974. The molecule has 0 bridgehead atoms. The average molecular weight is 560 g/mol. The lowest BCUT2D eigenvalue weighted by Gasteiger charge is -2.10. The third kappa shape index (κ3) is 6.74. The Morgan fingerprint density at radius 2 is 1.60 bits per heavy atom. The number of carboxylic acids is 1. The summed E-state index contributed by atoms with van der Waals surface area (Å²) in [5.41, 5.74) is 2.52. The van der Waals surface area contributed by atoms with E-state index in [1.807, 2.05) is 42.5 Å². The minimum Gasteiger partial charge on any atom is -0.508 e. The van der Waals surface area contributed by atoms with Crippen LogP contribution in [0.3, 0.4) is 0 Å². The third-order valence-corrected chi connectivity index (χ3v) is 7.20. The van der Waals surface area contributed by atoms with Gasteiger partial charge >= 0.3 is 5.97 Å². The number of benzene rings is 3. The maximum Gasteiger partial charge on any atom is 0.329 e. The molecule has 0 radical (unpaired) electrons. The summed E-state index contributed by atoms with van der Waals surface area (Å²) in [6.07, 6.45) is 3.12. The van der Waals surface area contributed by atoms with E-state index in [1.165, 1.54) is 23.5 Å². The van der Waals surface area contributed by atoms with Crippen molar-refractivity contribution in [2.75, 3.05) is 19.8 Å². The summed E-state index contributed by atoms with van der Waals surface area (Å²) in [7, 11) is 0. The summed E-state index contributed by atoms with van der Waals surface area (Å²) in [5.74, 6) is 0.813. The van der Waals surface area contributed by atoms with Gasteiger partial charge in [-0.1, -0.05) is 12.1 Å². The lowest BCUT2D eigenvalue weighted by Crippen LogP contribution is -2.08. The summed E-state index contributed by atoms with van der Waals surface area (Å²) in [4.78, 5) is 15.8. The minimum absolute atomic E-state index is 0.168. The number of rotatable bonds is 12. The number of ether oxygens (including phenoxy) is 3. The smallest absolute Gasteiger partial charge is 0.329 e. The topological polar surface area (TPSA) is 98.1 Å². The molecule has 0 saturated heterocycles. The molecule has 0 saturated carbocycles. The Balaban J connectivity index is 1.24. The summed E-state index contributed by atoms with van der Waals surface area (Å²) in [5, 5.41) is 19.4. The zero-order valence-electron chi connectivity index (χ0n) is 21.4. The van der Waals surface area contributed by atoms with Crippen LogP contribution in [0.1, 0.15) is 12.8 Å². The van der Waals surface area contributed by atoms with Crippen molar-refractivity contribution in [3.63, 3.8) is 0 Å². The van der Waals surface area contributed by atoms with E-state index in [0.717, 1.165) is 38.2 Å². The molecule has 2 aromatic heterocycles. The van der Waals surface area contributed by atoms with Gasteiger partial charge in [0.05, 0.1) is 23.4 Å². The van der Waals surface area contributed by atoms with E-state index in [2.05, 4.69) is 4.98 Å². The number of halogens is 1. The number of unbranched alkanes of at least 4 members (excludes halogenated alkanes) is 1. The highest BCUT2D eigenvalue weighted by Crippen LogP contribution is 2.47. The standard InChI is InChI=1S/C31H26FNO6S/c32-22-7-3-21(4-8-22)31-30(26-13-9-23(34)17-28(26)40-31)39-24-10-5-20(6-11-24)27-14-12-25(18-33-27)38-16-2-1-15-37-19-29(35)36/h3-14,17-18,34H,1-2,15-16,19H2,(H,35,36). The summed E-state index contributed by atoms with van der Waals surface area (Å²) < 4.78 is 31.5. The second-order valence-corrected chi connectivity index (χ2v) is 10.0. The van der Waals surface area contributed by atoms with Crippen molar-refractivity contribution >= 4 is 27.4 Å². The lowest BCUT2D eigenvalue weighted by molar-refractivity contribution is -0.142. The van der Waals surface area contributed by atoms with Crippen molar-refractivity contribution in [3.8, 4) is 44.7 Å². The van der Waals surface area contributed by atoms with Gasteiger partial charge in [-0.15, -0.1) is 11.3 Å². The van der Waals surface area contributed by atoms with Gasteiger partial charge in [0.2, 0.25) is 0 Å². The van der Waals surface area contributed by atoms with Crippen molar-refractivity contribution in [2.45, 2.75) is 12.8 Å². The van der Waals surface area contributed by atoms with Gasteiger partial charge in [0.1, 0.15) is 29.7 Å². The molecule has 5 aromatic rings. The van der Waals surface area contributed by atoms with Crippen LogP contribution < -0.4 is 9.47 Å². The van der Waals surface area contributed by atoms with E-state index in [1.54, 1.807) is 30.5 Å². The van der Waals surface area contributed by atoms with Crippen LogP contribution in [0.15, 0.2) is 85.1 Å². The first-order valence-corrected chi connectivity index (χ1v) is 13.5. The number of pyridine rings is 1. The maximum atomic E-state index is 13.5. The number of aromatic nitrogens is 1. The average Bonchev–Trinajstić information content (AvgIpc) is 3.30. The van der Waals surface area contributed by atoms with Crippen LogP contribution in [0.2, 0.25) is 0 Å². The molecule has 0 unspecified atom stereocenters. The second-order valence-electron chi connectivity index (χ2n) is 8.96. The molecular formula is C31H26FNO6S. The van der Waals surface area contributed by atoms with Gasteiger partial charge in [-0.2, -0.15) is 0 Å². The van der Waals surface area contributed by atoms with Gasteiger partial charge in [0, 0.05) is 22.3 Å². The van der Waals surface area contributed by atoms with Crippen LogP contribution in [0, 0.1) is 5.82 Å². The predicted octanol–water partition coefficient (Wildman–Crippen LogP) is 7.53. The fourth-order valence-corrected chi connectivity index (χ4v) is 5.23. The van der Waals surface area contributed by atoms with Gasteiger partial charge in [-0.05, 0) is 85.1 Å². The van der Waals surface area contributed by atoms with Gasteiger partial charge in [-0.3, -0.25) is 4.98 Å². The number of carbonyl (C=O) groups is 1. The number of aliphatic carboxylic acids is 1. The zero-order chi connectivity index (χ0) is 27.9. The number of phenolic OH excluding ortho intramolecular Hbond substituents is 1. The third-order valence-electron chi connectivity index (χ3n) is 6.02. The molecule has 9 heteroatoms. The summed E-state index contributed by atoms with van der Waals surface area (Å²) in [6.45, 7) is 0.583. The maximum absolute atomic E-state index is 13.5. The van der Waals surface area contributed by atoms with E-state index in [0.29, 0.717) is 36.9 Å². The Labute approximate surface area is 234 Å². The Morgan fingerprint density at radius 1 is 0.875 bits per heavy atom. The molecule has 0 spiro atoms. The highest BCUT2D eigenvalue weighted by atomic mass is 32.1. The molecule has 0 aliphatic heterocycles. The normalized spacial score (nSPS) is 11.0. The number of fused-ring (bicyclic) bond motifs is 1. The van der Waals surface area contributed by atoms with Crippen LogP contribution in [0.25, 0.3) is 31.8 Å². The van der Waals surface area contributed by atoms with E-state index in [4.69, 9.17) is 19.3 Å². The lowest BCUT2D eigenvalue weighted by atomic mass is 10.1. The first kappa shape index (κ1) is 27.1. The zero-order valence-corrected chi connectivity index (χ0v) is 22.2. The molecule has 2 N–H and O–H groups in total. The largest absolute Gasteiger partial charge is 0.508 e. The molecule has 204 valence electrons. The van der Waals surface area contributed by atoms with Crippen LogP contribution in [-0.2, 0) is 9.53 Å². The van der Waals surface area contributed by atoms with Crippen LogP contribution in [-0.4, -0.2) is 41.0 Å². The van der Waals surface area contributed by atoms with E-state index >= 15 is 0 Å². The van der Waals surface area contributed by atoms with E-state index < -0.39 is 5.97 Å². The number of aromatic hydroxyl groups is 1. The van der Waals surface area contributed by atoms with Gasteiger partial charge < -0.3 is 24.4 Å². The highest BCUT2D eigenvalue weighted by molar-refractivity contribution is 7.22. The second kappa shape index (κ2) is 12.6. The Kier molecular flexibility index (Phi) is 8.53. The number of thiophene rings is 1. The molecule has 0 aliphatic carbocycles. The molecular weight excluding hydrogens is 533 g/mol. The van der Waals surface area contributed by atoms with Crippen LogP contribution in [0.5, 0.6) is 23.0 Å². The Hall–Kier alpha value is -4.47. The van der Waals surface area contributed by atoms with Crippen LogP contribution in [0.4, 0.5) is 4.39 Å². The Morgan fingerprint density at radius 3 is 2.33 bits per heavy atom. The number of phenols is 1. The number of hydrogen-bond donors (Lipinski definition) is 2. The summed E-state index contributed by atoms with van der Waals surface area (Å²) in [6, 6.07) is 22.7.